The van der Waals surface area contributed by atoms with Crippen molar-refractivity contribution in [1.29, 1.82) is 0 Å². The van der Waals surface area contributed by atoms with Crippen LogP contribution in [0.4, 0.5) is 5.69 Å². The van der Waals surface area contributed by atoms with Crippen LogP contribution in [0.1, 0.15) is 13.8 Å². The average molecular weight is 258 g/mol. The molecule has 0 bridgehead atoms. The molecule has 0 radical (unpaired) electrons. The highest BCUT2D eigenvalue weighted by atomic mass is 16.5. The van der Waals surface area contributed by atoms with Gasteiger partial charge in [0.15, 0.2) is 11.6 Å². The van der Waals surface area contributed by atoms with Gasteiger partial charge in [-0.25, -0.2) is 0 Å². The van der Waals surface area contributed by atoms with Crippen molar-refractivity contribution in [2.24, 2.45) is 5.92 Å². The fraction of sp³-hybridized carbons (Fsp3) is 0.429. The van der Waals surface area contributed by atoms with E-state index in [9.17, 15) is 0 Å². The van der Waals surface area contributed by atoms with E-state index < -0.39 is 0 Å². The van der Waals surface area contributed by atoms with E-state index in [1.54, 1.807) is 6.33 Å². The SMILES string of the molecule is CC(C)Cn1cnnc1-c1cccc2c1OCCN2. The molecule has 0 unspecified atom stereocenters. The summed E-state index contributed by atoms with van der Waals surface area (Å²) in [5.41, 5.74) is 2.03. The standard InChI is InChI=1S/C14H18N4O/c1-10(2)8-18-9-16-17-14(18)11-4-3-5-12-13(11)19-7-6-15-12/h3-5,9-10,15H,6-8H2,1-2H3. The highest BCUT2D eigenvalue weighted by molar-refractivity contribution is 5.75. The molecule has 2 aromatic rings. The van der Waals surface area contributed by atoms with Crippen molar-refractivity contribution in [1.82, 2.24) is 14.8 Å². The summed E-state index contributed by atoms with van der Waals surface area (Å²) in [5.74, 6) is 2.30. The number of aromatic nitrogens is 3. The number of rotatable bonds is 3. The largest absolute Gasteiger partial charge is 0.489 e. The fourth-order valence-corrected chi connectivity index (χ4v) is 2.34. The number of hydrogen-bond donors (Lipinski definition) is 1. The number of nitrogens with zero attached hydrogens (tertiary/aromatic N) is 3. The van der Waals surface area contributed by atoms with E-state index in [0.29, 0.717) is 12.5 Å². The maximum atomic E-state index is 5.79. The molecule has 19 heavy (non-hydrogen) atoms. The van der Waals surface area contributed by atoms with Crippen LogP contribution in [-0.2, 0) is 6.54 Å². The minimum Gasteiger partial charge on any atom is -0.489 e. The number of hydrogen-bond acceptors (Lipinski definition) is 4. The van der Waals surface area contributed by atoms with Gasteiger partial charge in [-0.15, -0.1) is 10.2 Å². The van der Waals surface area contributed by atoms with Crippen molar-refractivity contribution in [3.05, 3.63) is 24.5 Å². The summed E-state index contributed by atoms with van der Waals surface area (Å²) < 4.78 is 7.88. The van der Waals surface area contributed by atoms with Crippen LogP contribution in [0.2, 0.25) is 0 Å². The third-order valence-corrected chi connectivity index (χ3v) is 3.10. The lowest BCUT2D eigenvalue weighted by Gasteiger charge is -2.21. The van der Waals surface area contributed by atoms with Gasteiger partial charge in [0.25, 0.3) is 0 Å². The molecule has 1 aromatic heterocycles. The molecule has 1 N–H and O–H groups in total. The minimum absolute atomic E-state index is 0.549. The molecule has 0 saturated heterocycles. The average Bonchev–Trinajstić information content (AvgIpc) is 2.85. The van der Waals surface area contributed by atoms with Gasteiger partial charge < -0.3 is 14.6 Å². The molecule has 0 aliphatic carbocycles. The number of anilines is 1. The lowest BCUT2D eigenvalue weighted by Crippen LogP contribution is -2.18. The van der Waals surface area contributed by atoms with Crippen molar-refractivity contribution in [2.75, 3.05) is 18.5 Å². The molecule has 5 nitrogen and oxygen atoms in total. The zero-order valence-corrected chi connectivity index (χ0v) is 11.3. The summed E-state index contributed by atoms with van der Waals surface area (Å²) in [5, 5.41) is 11.6. The molecule has 0 amide bonds. The van der Waals surface area contributed by atoms with E-state index in [4.69, 9.17) is 4.74 Å². The van der Waals surface area contributed by atoms with E-state index in [2.05, 4.69) is 33.9 Å². The second-order valence-corrected chi connectivity index (χ2v) is 5.16. The van der Waals surface area contributed by atoms with Crippen molar-refractivity contribution >= 4 is 5.69 Å². The first kappa shape index (κ1) is 12.0. The predicted octanol–water partition coefficient (Wildman–Crippen LogP) is 2.41. The summed E-state index contributed by atoms with van der Waals surface area (Å²) in [6.07, 6.45) is 1.78. The number of para-hydroxylation sites is 1. The van der Waals surface area contributed by atoms with Crippen LogP contribution >= 0.6 is 0 Å². The Bertz CT molecular complexity index is 577. The van der Waals surface area contributed by atoms with Gasteiger partial charge in [0.05, 0.1) is 11.3 Å². The summed E-state index contributed by atoms with van der Waals surface area (Å²) in [4.78, 5) is 0. The first-order valence-corrected chi connectivity index (χ1v) is 6.63. The van der Waals surface area contributed by atoms with E-state index in [1.165, 1.54) is 0 Å². The molecule has 1 aromatic carbocycles. The van der Waals surface area contributed by atoms with Gasteiger partial charge in [-0.3, -0.25) is 0 Å². The first-order valence-electron chi connectivity index (χ1n) is 6.63. The van der Waals surface area contributed by atoms with E-state index >= 15 is 0 Å². The Morgan fingerprint density at radius 1 is 1.42 bits per heavy atom. The van der Waals surface area contributed by atoms with Gasteiger partial charge in [0, 0.05) is 13.1 Å². The second kappa shape index (κ2) is 4.91. The van der Waals surface area contributed by atoms with Crippen molar-refractivity contribution in [2.45, 2.75) is 20.4 Å². The summed E-state index contributed by atoms with van der Waals surface area (Å²) in [6.45, 7) is 6.79. The molecule has 0 fully saturated rings. The Morgan fingerprint density at radius 3 is 3.16 bits per heavy atom. The summed E-state index contributed by atoms with van der Waals surface area (Å²) in [7, 11) is 0. The smallest absolute Gasteiger partial charge is 0.167 e. The topological polar surface area (TPSA) is 52.0 Å². The Kier molecular flexibility index (Phi) is 3.11. The third-order valence-electron chi connectivity index (χ3n) is 3.10. The Balaban J connectivity index is 2.05. The second-order valence-electron chi connectivity index (χ2n) is 5.16. The molecular weight excluding hydrogens is 240 g/mol. The molecule has 1 aliphatic heterocycles. The van der Waals surface area contributed by atoms with Gasteiger partial charge in [-0.1, -0.05) is 19.9 Å². The maximum Gasteiger partial charge on any atom is 0.167 e. The van der Waals surface area contributed by atoms with Gasteiger partial charge in [-0.05, 0) is 18.1 Å². The first-order chi connectivity index (χ1) is 9.25. The van der Waals surface area contributed by atoms with E-state index in [1.807, 2.05) is 18.2 Å². The monoisotopic (exact) mass is 258 g/mol. The Morgan fingerprint density at radius 2 is 2.32 bits per heavy atom. The van der Waals surface area contributed by atoms with Crippen LogP contribution in [0.25, 0.3) is 11.4 Å². The normalized spacial score (nSPS) is 13.8. The number of ether oxygens (including phenoxy) is 1. The van der Waals surface area contributed by atoms with Crippen LogP contribution in [-0.4, -0.2) is 27.9 Å². The predicted molar refractivity (Wildman–Crippen MR) is 74.3 cm³/mol. The van der Waals surface area contributed by atoms with Gasteiger partial charge in [0.1, 0.15) is 12.9 Å². The van der Waals surface area contributed by atoms with Crippen molar-refractivity contribution in [3.63, 3.8) is 0 Å². The molecule has 0 spiro atoms. The fourth-order valence-electron chi connectivity index (χ4n) is 2.34. The van der Waals surface area contributed by atoms with Gasteiger partial charge in [0.2, 0.25) is 0 Å². The molecule has 5 heteroatoms. The summed E-state index contributed by atoms with van der Waals surface area (Å²) in [6, 6.07) is 6.08. The van der Waals surface area contributed by atoms with Crippen LogP contribution in [0.15, 0.2) is 24.5 Å². The Hall–Kier alpha value is -2.04. The van der Waals surface area contributed by atoms with Crippen LogP contribution in [0.3, 0.4) is 0 Å². The molecule has 2 heterocycles. The van der Waals surface area contributed by atoms with Crippen LogP contribution < -0.4 is 10.1 Å². The van der Waals surface area contributed by atoms with E-state index in [0.717, 1.165) is 35.9 Å². The zero-order valence-electron chi connectivity index (χ0n) is 11.3. The van der Waals surface area contributed by atoms with Gasteiger partial charge >= 0.3 is 0 Å². The molecule has 1 aliphatic rings. The Labute approximate surface area is 112 Å². The molecule has 0 saturated carbocycles. The number of fused-ring (bicyclic) bond motifs is 1. The van der Waals surface area contributed by atoms with Crippen molar-refractivity contribution in [3.8, 4) is 17.1 Å². The lowest BCUT2D eigenvalue weighted by molar-refractivity contribution is 0.324. The lowest BCUT2D eigenvalue weighted by atomic mass is 10.1. The minimum atomic E-state index is 0.549. The third kappa shape index (κ3) is 2.28. The van der Waals surface area contributed by atoms with Crippen molar-refractivity contribution < 1.29 is 4.74 Å². The molecular formula is C14H18N4O. The van der Waals surface area contributed by atoms with Crippen LogP contribution in [0, 0.1) is 5.92 Å². The zero-order chi connectivity index (χ0) is 13.2. The summed E-state index contributed by atoms with van der Waals surface area (Å²) >= 11 is 0. The highest BCUT2D eigenvalue weighted by Crippen LogP contribution is 2.37. The molecule has 0 atom stereocenters. The van der Waals surface area contributed by atoms with Crippen LogP contribution in [0.5, 0.6) is 5.75 Å². The highest BCUT2D eigenvalue weighted by Gasteiger charge is 2.19. The maximum absolute atomic E-state index is 5.79. The van der Waals surface area contributed by atoms with E-state index in [-0.39, 0.29) is 0 Å². The number of nitrogens with one attached hydrogen (secondary N) is 1. The molecule has 100 valence electrons. The number of benzene rings is 1. The van der Waals surface area contributed by atoms with Gasteiger partial charge in [-0.2, -0.15) is 0 Å². The quantitative estimate of drug-likeness (QED) is 0.918. The molecule has 3 rings (SSSR count).